The van der Waals surface area contributed by atoms with E-state index in [-0.39, 0.29) is 5.92 Å². The number of nitrogens with one attached hydrogen (secondary N) is 1. The largest absolute Gasteiger partial charge is 0.393 e. The number of nitrogens with zero attached hydrogens (tertiary/aromatic N) is 1. The predicted molar refractivity (Wildman–Crippen MR) is 63.2 cm³/mol. The highest BCUT2D eigenvalue weighted by atomic mass is 16.5. The molecule has 0 saturated carbocycles. The number of carbonyl (C=O) groups excluding carboxylic acids is 1. The van der Waals surface area contributed by atoms with Crippen LogP contribution in [-0.4, -0.2) is 33.7 Å². The molecular weight excluding hydrogens is 240 g/mol. The number of hydrogen-bond acceptors (Lipinski definition) is 5. The molecule has 0 bridgehead atoms. The van der Waals surface area contributed by atoms with Crippen molar-refractivity contribution in [2.45, 2.75) is 26.2 Å². The number of aliphatic hydroxyl groups is 1. The number of aromatic nitrogens is 2. The summed E-state index contributed by atoms with van der Waals surface area (Å²) < 4.78 is 6.52. The SMILES string of the molecule is CC(C)[C@@H](O[C@@H](C=O)CO)n1ccc(=O)[nH]c1=O. The van der Waals surface area contributed by atoms with Crippen LogP contribution in [0.5, 0.6) is 0 Å². The van der Waals surface area contributed by atoms with E-state index in [0.29, 0.717) is 6.29 Å². The molecule has 0 fully saturated rings. The number of aromatic amines is 1. The van der Waals surface area contributed by atoms with E-state index < -0.39 is 30.2 Å². The highest BCUT2D eigenvalue weighted by Gasteiger charge is 2.21. The number of aliphatic hydroxyl groups excluding tert-OH is 1. The Balaban J connectivity index is 3.08. The van der Waals surface area contributed by atoms with Crippen LogP contribution in [0.1, 0.15) is 20.1 Å². The molecule has 0 aliphatic rings. The minimum atomic E-state index is -1.00. The fraction of sp³-hybridized carbons (Fsp3) is 0.545. The molecule has 0 saturated heterocycles. The molecule has 0 aliphatic heterocycles. The molecule has 1 aromatic rings. The van der Waals surface area contributed by atoms with Gasteiger partial charge in [0.2, 0.25) is 0 Å². The van der Waals surface area contributed by atoms with Gasteiger partial charge in [-0.3, -0.25) is 14.3 Å². The van der Waals surface area contributed by atoms with E-state index in [0.717, 1.165) is 0 Å². The molecule has 0 spiro atoms. The third-order valence-corrected chi connectivity index (χ3v) is 2.34. The Labute approximate surface area is 103 Å². The number of ether oxygens (including phenoxy) is 1. The van der Waals surface area contributed by atoms with Gasteiger partial charge in [-0.2, -0.15) is 0 Å². The molecule has 7 heteroatoms. The lowest BCUT2D eigenvalue weighted by molar-refractivity contribution is -0.135. The maximum Gasteiger partial charge on any atom is 0.330 e. The van der Waals surface area contributed by atoms with E-state index in [2.05, 4.69) is 4.98 Å². The lowest BCUT2D eigenvalue weighted by Gasteiger charge is -2.25. The zero-order valence-corrected chi connectivity index (χ0v) is 10.2. The summed E-state index contributed by atoms with van der Waals surface area (Å²) in [6.45, 7) is 3.12. The highest BCUT2D eigenvalue weighted by Crippen LogP contribution is 2.18. The van der Waals surface area contributed by atoms with E-state index in [4.69, 9.17) is 9.84 Å². The van der Waals surface area contributed by atoms with Crippen LogP contribution < -0.4 is 11.2 Å². The average molecular weight is 256 g/mol. The summed E-state index contributed by atoms with van der Waals surface area (Å²) >= 11 is 0. The van der Waals surface area contributed by atoms with Gasteiger partial charge in [0.05, 0.1) is 6.61 Å². The van der Waals surface area contributed by atoms with Crippen molar-refractivity contribution in [2.75, 3.05) is 6.61 Å². The van der Waals surface area contributed by atoms with Crippen molar-refractivity contribution in [1.29, 1.82) is 0 Å². The highest BCUT2D eigenvalue weighted by molar-refractivity contribution is 5.56. The molecule has 18 heavy (non-hydrogen) atoms. The molecule has 7 nitrogen and oxygen atoms in total. The molecule has 1 heterocycles. The summed E-state index contributed by atoms with van der Waals surface area (Å²) in [4.78, 5) is 35.3. The second kappa shape index (κ2) is 6.27. The lowest BCUT2D eigenvalue weighted by Crippen LogP contribution is -2.37. The van der Waals surface area contributed by atoms with Gasteiger partial charge >= 0.3 is 5.69 Å². The molecule has 2 atom stereocenters. The molecular formula is C11H16N2O5. The molecule has 0 amide bonds. The Kier molecular flexibility index (Phi) is 4.99. The fourth-order valence-corrected chi connectivity index (χ4v) is 1.47. The van der Waals surface area contributed by atoms with Gasteiger partial charge in [-0.05, 0) is 5.92 Å². The van der Waals surface area contributed by atoms with Crippen LogP contribution in [0, 0.1) is 5.92 Å². The van der Waals surface area contributed by atoms with Gasteiger partial charge in [-0.1, -0.05) is 13.8 Å². The third kappa shape index (κ3) is 3.38. The molecule has 0 aromatic carbocycles. The monoisotopic (exact) mass is 256 g/mol. The fourth-order valence-electron chi connectivity index (χ4n) is 1.47. The molecule has 100 valence electrons. The first-order chi connectivity index (χ1) is 8.49. The summed E-state index contributed by atoms with van der Waals surface area (Å²) in [6, 6.07) is 1.19. The molecule has 2 N–H and O–H groups in total. The van der Waals surface area contributed by atoms with Crippen molar-refractivity contribution < 1.29 is 14.6 Å². The summed E-state index contributed by atoms with van der Waals surface area (Å²) in [5, 5.41) is 8.92. The minimum absolute atomic E-state index is 0.123. The van der Waals surface area contributed by atoms with E-state index >= 15 is 0 Å². The Morgan fingerprint density at radius 2 is 2.17 bits per heavy atom. The molecule has 1 rings (SSSR count). The van der Waals surface area contributed by atoms with Gasteiger partial charge in [-0.25, -0.2) is 4.79 Å². The molecule has 1 aromatic heterocycles. The van der Waals surface area contributed by atoms with Crippen LogP contribution in [0.15, 0.2) is 21.9 Å². The number of H-pyrrole nitrogens is 1. The van der Waals surface area contributed by atoms with Crippen molar-refractivity contribution in [2.24, 2.45) is 5.92 Å². The van der Waals surface area contributed by atoms with Gasteiger partial charge < -0.3 is 14.6 Å². The maximum absolute atomic E-state index is 11.6. The normalized spacial score (nSPS) is 14.4. The summed E-state index contributed by atoms with van der Waals surface area (Å²) in [7, 11) is 0. The van der Waals surface area contributed by atoms with Crippen LogP contribution >= 0.6 is 0 Å². The lowest BCUT2D eigenvalue weighted by atomic mass is 10.2. The van der Waals surface area contributed by atoms with Crippen LogP contribution in [0.4, 0.5) is 0 Å². The third-order valence-electron chi connectivity index (χ3n) is 2.34. The summed E-state index contributed by atoms with van der Waals surface area (Å²) in [5.41, 5.74) is -1.13. The smallest absolute Gasteiger partial charge is 0.330 e. The van der Waals surface area contributed by atoms with Crippen LogP contribution in [0.25, 0.3) is 0 Å². The molecule has 0 unspecified atom stereocenters. The summed E-state index contributed by atoms with van der Waals surface area (Å²) in [6.07, 6.45) is 0.0184. The topological polar surface area (TPSA) is 101 Å². The van der Waals surface area contributed by atoms with Crippen molar-refractivity contribution in [1.82, 2.24) is 9.55 Å². The van der Waals surface area contributed by atoms with Gasteiger partial charge in [0.25, 0.3) is 5.56 Å². The van der Waals surface area contributed by atoms with E-state index in [1.54, 1.807) is 13.8 Å². The van der Waals surface area contributed by atoms with Crippen molar-refractivity contribution in [3.05, 3.63) is 33.1 Å². The predicted octanol–water partition coefficient (Wildman–Crippen LogP) is -0.732. The van der Waals surface area contributed by atoms with Gasteiger partial charge in [0.1, 0.15) is 12.3 Å². The number of rotatable bonds is 6. The van der Waals surface area contributed by atoms with Crippen molar-refractivity contribution in [3.63, 3.8) is 0 Å². The first-order valence-corrected chi connectivity index (χ1v) is 5.52. The first kappa shape index (κ1) is 14.3. The Bertz CT molecular complexity index is 505. The Morgan fingerprint density at radius 3 is 2.61 bits per heavy atom. The quantitative estimate of drug-likeness (QED) is 0.653. The van der Waals surface area contributed by atoms with Crippen LogP contribution in [0.2, 0.25) is 0 Å². The maximum atomic E-state index is 11.6. The number of hydrogen-bond donors (Lipinski definition) is 2. The van der Waals surface area contributed by atoms with Gasteiger partial charge in [0, 0.05) is 12.3 Å². The second-order valence-electron chi connectivity index (χ2n) is 4.15. The zero-order chi connectivity index (χ0) is 13.7. The van der Waals surface area contributed by atoms with Crippen LogP contribution in [0.3, 0.4) is 0 Å². The Hall–Kier alpha value is -1.73. The standard InChI is InChI=1S/C11H16N2O5/c1-7(2)10(18-8(5-14)6-15)13-4-3-9(16)12-11(13)17/h3-5,7-8,10,15H,6H2,1-2H3,(H,12,16,17)/t8-,10+/m0/s1. The zero-order valence-electron chi connectivity index (χ0n) is 10.2. The molecule has 0 radical (unpaired) electrons. The second-order valence-corrected chi connectivity index (χ2v) is 4.15. The van der Waals surface area contributed by atoms with E-state index in [1.807, 2.05) is 0 Å². The van der Waals surface area contributed by atoms with Crippen LogP contribution in [-0.2, 0) is 9.53 Å². The average Bonchev–Trinajstić information content (AvgIpc) is 2.32. The number of carbonyl (C=O) groups is 1. The first-order valence-electron chi connectivity index (χ1n) is 5.52. The van der Waals surface area contributed by atoms with E-state index in [1.165, 1.54) is 16.8 Å². The van der Waals surface area contributed by atoms with E-state index in [9.17, 15) is 14.4 Å². The summed E-state index contributed by atoms with van der Waals surface area (Å²) in [5.74, 6) is -0.123. The number of aldehydes is 1. The van der Waals surface area contributed by atoms with Gasteiger partial charge in [-0.15, -0.1) is 0 Å². The van der Waals surface area contributed by atoms with Crippen molar-refractivity contribution >= 4 is 6.29 Å². The molecule has 0 aliphatic carbocycles. The minimum Gasteiger partial charge on any atom is -0.393 e. The van der Waals surface area contributed by atoms with Gasteiger partial charge in [0.15, 0.2) is 6.29 Å². The van der Waals surface area contributed by atoms with Crippen molar-refractivity contribution in [3.8, 4) is 0 Å². The Morgan fingerprint density at radius 1 is 1.50 bits per heavy atom.